The van der Waals surface area contributed by atoms with Crippen LogP contribution in [0, 0.1) is 13.8 Å². The third-order valence-corrected chi connectivity index (χ3v) is 4.85. The lowest BCUT2D eigenvalue weighted by Crippen LogP contribution is -2.35. The second-order valence-corrected chi connectivity index (χ2v) is 6.93. The second kappa shape index (κ2) is 8.80. The number of carbonyl (C=O) groups excluding carboxylic acids is 1. The van der Waals surface area contributed by atoms with E-state index in [0.717, 1.165) is 11.1 Å². The highest BCUT2D eigenvalue weighted by Crippen LogP contribution is 2.13. The quantitative estimate of drug-likeness (QED) is 0.685. The fourth-order valence-electron chi connectivity index (χ4n) is 3.08. The summed E-state index contributed by atoms with van der Waals surface area (Å²) in [6.45, 7) is 5.16. The van der Waals surface area contributed by atoms with Gasteiger partial charge in [-0.3, -0.25) is 9.59 Å². The molecule has 0 radical (unpaired) electrons. The van der Waals surface area contributed by atoms with Crippen LogP contribution in [0.5, 0.6) is 0 Å². The Morgan fingerprint density at radius 1 is 1.14 bits per heavy atom. The maximum atomic E-state index is 12.9. The minimum Gasteiger partial charge on any atom is -0.383 e. The Balaban J connectivity index is 1.82. The van der Waals surface area contributed by atoms with Crippen molar-refractivity contribution in [2.24, 2.45) is 0 Å². The number of hydrogen-bond acceptors (Lipinski definition) is 4. The molecule has 0 aliphatic heterocycles. The predicted octanol–water partition coefficient (Wildman–Crippen LogP) is 2.76. The minimum absolute atomic E-state index is 0.0314. The molecule has 0 unspecified atom stereocenters. The number of methoxy groups -OCH3 is 1. The molecule has 1 heterocycles. The highest BCUT2D eigenvalue weighted by molar-refractivity contribution is 5.79. The van der Waals surface area contributed by atoms with Gasteiger partial charge in [0.1, 0.15) is 5.82 Å². The largest absolute Gasteiger partial charge is 0.383 e. The molecule has 1 N–H and O–H groups in total. The van der Waals surface area contributed by atoms with Crippen molar-refractivity contribution in [3.05, 3.63) is 75.3 Å². The van der Waals surface area contributed by atoms with E-state index in [1.54, 1.807) is 30.2 Å². The first-order chi connectivity index (χ1) is 13.5. The number of aromatic nitrogens is 2. The Bertz CT molecular complexity index is 1040. The number of carbonyl (C=O) groups is 1. The average molecular weight is 379 g/mol. The summed E-state index contributed by atoms with van der Waals surface area (Å²) in [7, 11) is 1.60. The fourth-order valence-corrected chi connectivity index (χ4v) is 3.08. The molecule has 3 aromatic rings. The summed E-state index contributed by atoms with van der Waals surface area (Å²) in [6, 6.07) is 13.2. The van der Waals surface area contributed by atoms with Gasteiger partial charge in [0.05, 0.1) is 30.5 Å². The van der Waals surface area contributed by atoms with E-state index < -0.39 is 0 Å². The summed E-state index contributed by atoms with van der Waals surface area (Å²) >= 11 is 0. The lowest BCUT2D eigenvalue weighted by Gasteiger charge is -2.22. The van der Waals surface area contributed by atoms with Crippen molar-refractivity contribution in [3.63, 3.8) is 0 Å². The standard InChI is InChI=1S/C22H25N3O3/c1-15-8-9-17(12-16(15)2)13-21(26)25(10-11-28-3)14-20-23-19-7-5-4-6-18(19)22(27)24-20/h4-9,12H,10-11,13-14H2,1-3H3,(H,23,24,27). The maximum absolute atomic E-state index is 12.9. The molecule has 0 aliphatic rings. The van der Waals surface area contributed by atoms with E-state index >= 15 is 0 Å². The van der Waals surface area contributed by atoms with Gasteiger partial charge >= 0.3 is 0 Å². The number of benzene rings is 2. The van der Waals surface area contributed by atoms with E-state index in [-0.39, 0.29) is 18.0 Å². The van der Waals surface area contributed by atoms with Gasteiger partial charge in [-0.25, -0.2) is 4.98 Å². The number of nitrogens with zero attached hydrogens (tertiary/aromatic N) is 2. The van der Waals surface area contributed by atoms with Crippen molar-refractivity contribution in [2.75, 3.05) is 20.3 Å². The number of rotatable bonds is 7. The zero-order valence-electron chi connectivity index (χ0n) is 16.5. The smallest absolute Gasteiger partial charge is 0.258 e. The molecule has 3 rings (SSSR count). The molecule has 6 nitrogen and oxygen atoms in total. The molecule has 0 spiro atoms. The maximum Gasteiger partial charge on any atom is 0.258 e. The number of ether oxygens (including phenoxy) is 1. The van der Waals surface area contributed by atoms with Crippen molar-refractivity contribution in [1.29, 1.82) is 0 Å². The summed E-state index contributed by atoms with van der Waals surface area (Å²) in [4.78, 5) is 34.2. The molecule has 0 fully saturated rings. The predicted molar refractivity (Wildman–Crippen MR) is 109 cm³/mol. The van der Waals surface area contributed by atoms with Crippen LogP contribution in [0.1, 0.15) is 22.5 Å². The van der Waals surface area contributed by atoms with Gasteiger partial charge in [0.2, 0.25) is 5.91 Å². The third-order valence-electron chi connectivity index (χ3n) is 4.85. The van der Waals surface area contributed by atoms with Gasteiger partial charge in [0.25, 0.3) is 5.56 Å². The molecule has 2 aromatic carbocycles. The van der Waals surface area contributed by atoms with E-state index in [9.17, 15) is 9.59 Å². The van der Waals surface area contributed by atoms with E-state index in [1.165, 1.54) is 5.56 Å². The Morgan fingerprint density at radius 2 is 1.93 bits per heavy atom. The van der Waals surface area contributed by atoms with Crippen LogP contribution in [-0.4, -0.2) is 41.0 Å². The first-order valence-electron chi connectivity index (χ1n) is 9.28. The lowest BCUT2D eigenvalue weighted by molar-refractivity contribution is -0.131. The summed E-state index contributed by atoms with van der Waals surface area (Å²) < 4.78 is 5.15. The average Bonchev–Trinajstić information content (AvgIpc) is 2.68. The molecule has 1 amide bonds. The van der Waals surface area contributed by atoms with Crippen molar-refractivity contribution in [2.45, 2.75) is 26.8 Å². The van der Waals surface area contributed by atoms with Crippen molar-refractivity contribution in [1.82, 2.24) is 14.9 Å². The van der Waals surface area contributed by atoms with E-state index in [4.69, 9.17) is 4.74 Å². The number of aryl methyl sites for hydroxylation is 2. The van der Waals surface area contributed by atoms with E-state index in [2.05, 4.69) is 9.97 Å². The van der Waals surface area contributed by atoms with Crippen molar-refractivity contribution >= 4 is 16.8 Å². The SMILES string of the molecule is COCCN(Cc1nc2ccccc2c(=O)[nH]1)C(=O)Cc1ccc(C)c(C)c1. The van der Waals surface area contributed by atoms with Gasteiger partial charge in [-0.15, -0.1) is 0 Å². The monoisotopic (exact) mass is 379 g/mol. The molecule has 1 aromatic heterocycles. The summed E-state index contributed by atoms with van der Waals surface area (Å²) in [6.07, 6.45) is 0.294. The zero-order chi connectivity index (χ0) is 20.1. The highest BCUT2D eigenvalue weighted by Gasteiger charge is 2.16. The zero-order valence-corrected chi connectivity index (χ0v) is 16.5. The number of hydrogen-bond donors (Lipinski definition) is 1. The molecule has 0 atom stereocenters. The molecule has 0 bridgehead atoms. The van der Waals surface area contributed by atoms with E-state index in [0.29, 0.717) is 36.3 Å². The van der Waals surface area contributed by atoms with Crippen LogP contribution >= 0.6 is 0 Å². The molecule has 28 heavy (non-hydrogen) atoms. The summed E-state index contributed by atoms with van der Waals surface area (Å²) in [5.74, 6) is 0.435. The topological polar surface area (TPSA) is 75.3 Å². The van der Waals surface area contributed by atoms with Gasteiger partial charge in [0, 0.05) is 13.7 Å². The second-order valence-electron chi connectivity index (χ2n) is 6.93. The van der Waals surface area contributed by atoms with Crippen LogP contribution in [-0.2, 0) is 22.5 Å². The molecular weight excluding hydrogens is 354 g/mol. The molecule has 6 heteroatoms. The first-order valence-corrected chi connectivity index (χ1v) is 9.28. The number of aromatic amines is 1. The number of amides is 1. The number of para-hydroxylation sites is 1. The third kappa shape index (κ3) is 4.64. The van der Waals surface area contributed by atoms with Crippen molar-refractivity contribution < 1.29 is 9.53 Å². The molecule has 0 saturated carbocycles. The summed E-state index contributed by atoms with van der Waals surface area (Å²) in [5, 5.41) is 0.538. The van der Waals surface area contributed by atoms with E-state index in [1.807, 2.05) is 38.1 Å². The molecule has 146 valence electrons. The van der Waals surface area contributed by atoms with Gasteiger partial charge in [-0.05, 0) is 42.7 Å². The van der Waals surface area contributed by atoms with Gasteiger partial charge in [-0.1, -0.05) is 30.3 Å². The van der Waals surface area contributed by atoms with Crippen LogP contribution in [0.25, 0.3) is 10.9 Å². The van der Waals surface area contributed by atoms with Gasteiger partial charge in [-0.2, -0.15) is 0 Å². The van der Waals surface area contributed by atoms with Crippen LogP contribution in [0.4, 0.5) is 0 Å². The van der Waals surface area contributed by atoms with Crippen LogP contribution in [0.3, 0.4) is 0 Å². The molecular formula is C22H25N3O3. The van der Waals surface area contributed by atoms with Crippen LogP contribution in [0.15, 0.2) is 47.3 Å². The van der Waals surface area contributed by atoms with Crippen molar-refractivity contribution in [3.8, 4) is 0 Å². The van der Waals surface area contributed by atoms with Crippen LogP contribution < -0.4 is 5.56 Å². The van der Waals surface area contributed by atoms with Gasteiger partial charge < -0.3 is 14.6 Å². The highest BCUT2D eigenvalue weighted by atomic mass is 16.5. The normalized spacial score (nSPS) is 11.0. The molecule has 0 aliphatic carbocycles. The Labute approximate surface area is 164 Å². The minimum atomic E-state index is -0.200. The first kappa shape index (κ1) is 19.8. The number of fused-ring (bicyclic) bond motifs is 1. The number of nitrogens with one attached hydrogen (secondary N) is 1. The number of H-pyrrole nitrogens is 1. The fraction of sp³-hybridized carbons (Fsp3) is 0.318. The Hall–Kier alpha value is -2.99. The molecule has 0 saturated heterocycles. The summed E-state index contributed by atoms with van der Waals surface area (Å²) in [5.41, 5.74) is 3.75. The van der Waals surface area contributed by atoms with Crippen LogP contribution in [0.2, 0.25) is 0 Å². The Morgan fingerprint density at radius 3 is 2.68 bits per heavy atom. The van der Waals surface area contributed by atoms with Gasteiger partial charge in [0.15, 0.2) is 0 Å². The Kier molecular flexibility index (Phi) is 6.21. The lowest BCUT2D eigenvalue weighted by atomic mass is 10.0.